The van der Waals surface area contributed by atoms with Gasteiger partial charge in [-0.3, -0.25) is 0 Å². The largest absolute Gasteiger partial charge is 0.462 e. The van der Waals surface area contributed by atoms with Crippen molar-refractivity contribution in [2.24, 2.45) is 0 Å². The molecule has 1 unspecified atom stereocenters. The Hall–Kier alpha value is 0.260. The fourth-order valence-corrected chi connectivity index (χ4v) is 2.12. The van der Waals surface area contributed by atoms with Crippen LogP contribution in [0.3, 0.4) is 0 Å². The third-order valence-corrected chi connectivity index (χ3v) is 4.23. The van der Waals surface area contributed by atoms with Gasteiger partial charge in [0.1, 0.15) is 0 Å². The van der Waals surface area contributed by atoms with E-state index in [-0.39, 0.29) is 5.16 Å². The normalized spacial score (nSPS) is 31.6. The molecule has 0 aromatic carbocycles. The summed E-state index contributed by atoms with van der Waals surface area (Å²) < 4.78 is 5.27. The predicted molar refractivity (Wildman–Crippen MR) is 41.7 cm³/mol. The molecule has 0 saturated heterocycles. The van der Waals surface area contributed by atoms with Crippen molar-refractivity contribution in [2.75, 3.05) is 0 Å². The van der Waals surface area contributed by atoms with E-state index in [2.05, 4.69) is 19.9 Å². The first kappa shape index (κ1) is 7.37. The van der Waals surface area contributed by atoms with Crippen LogP contribution in [-0.2, 0) is 4.52 Å². The van der Waals surface area contributed by atoms with Gasteiger partial charge in [-0.2, -0.15) is 0 Å². The smallest absolute Gasteiger partial charge is 0.191 e. The second-order valence-electron chi connectivity index (χ2n) is 2.74. The van der Waals surface area contributed by atoms with E-state index in [0.29, 0.717) is 0 Å². The fourth-order valence-electron chi connectivity index (χ4n) is 0.819. The molecule has 1 aliphatic rings. The Balaban J connectivity index is 2.76. The minimum atomic E-state index is -0.768. The lowest BCUT2D eigenvalue weighted by Crippen LogP contribution is -2.06. The predicted octanol–water partition coefficient (Wildman–Crippen LogP) is 3.25. The molecule has 0 aromatic heterocycles. The summed E-state index contributed by atoms with van der Waals surface area (Å²) in [5.74, 6) is 0.959. The van der Waals surface area contributed by atoms with Crippen LogP contribution in [0.4, 0.5) is 0 Å². The van der Waals surface area contributed by atoms with Gasteiger partial charge in [-0.15, -0.1) is 0 Å². The van der Waals surface area contributed by atoms with Gasteiger partial charge in [0.2, 0.25) is 0 Å². The highest BCUT2D eigenvalue weighted by Gasteiger charge is 2.34. The molecule has 0 aliphatic carbocycles. The van der Waals surface area contributed by atoms with Crippen molar-refractivity contribution in [3.05, 3.63) is 11.8 Å². The van der Waals surface area contributed by atoms with Crippen molar-refractivity contribution in [1.82, 2.24) is 0 Å². The van der Waals surface area contributed by atoms with Crippen LogP contribution >= 0.6 is 18.7 Å². The summed E-state index contributed by atoms with van der Waals surface area (Å²) in [6.45, 7) is 6.11. The molecule has 1 rings (SSSR count). The van der Waals surface area contributed by atoms with Gasteiger partial charge in [-0.25, -0.2) is 0 Å². The molecule has 0 aromatic rings. The van der Waals surface area contributed by atoms with E-state index in [9.17, 15) is 0 Å². The Kier molecular flexibility index (Phi) is 1.75. The molecule has 0 N–H and O–H groups in total. The van der Waals surface area contributed by atoms with Gasteiger partial charge in [0.05, 0.1) is 10.9 Å². The lowest BCUT2D eigenvalue weighted by Gasteiger charge is -2.16. The van der Waals surface area contributed by atoms with Crippen LogP contribution in [0.1, 0.15) is 20.8 Å². The van der Waals surface area contributed by atoms with Crippen molar-refractivity contribution in [3.63, 3.8) is 0 Å². The monoisotopic (exact) mass is 164 g/mol. The Morgan fingerprint density at radius 3 is 2.33 bits per heavy atom. The summed E-state index contributed by atoms with van der Waals surface area (Å²) in [6.07, 6.45) is 2.08. The quantitative estimate of drug-likeness (QED) is 0.500. The third-order valence-electron chi connectivity index (χ3n) is 1.23. The van der Waals surface area contributed by atoms with Crippen LogP contribution < -0.4 is 0 Å². The van der Waals surface area contributed by atoms with E-state index >= 15 is 0 Å². The topological polar surface area (TPSA) is 9.23 Å². The van der Waals surface area contributed by atoms with Crippen molar-refractivity contribution in [2.45, 2.75) is 25.9 Å². The molecule has 0 bridgehead atoms. The molecule has 0 saturated carbocycles. The van der Waals surface area contributed by atoms with E-state index in [1.807, 2.05) is 6.92 Å². The van der Waals surface area contributed by atoms with Gasteiger partial charge in [0.25, 0.3) is 0 Å². The lowest BCUT2D eigenvalue weighted by molar-refractivity contribution is 0.495. The molecule has 1 atom stereocenters. The maximum atomic E-state index is 5.89. The summed E-state index contributed by atoms with van der Waals surface area (Å²) in [4.78, 5) is 0. The van der Waals surface area contributed by atoms with E-state index in [1.165, 1.54) is 0 Å². The standard InChI is InChI=1S/C6H10ClOP/c1-5-4-6(2,3)9(7)8-5/h4H,1-3H3. The van der Waals surface area contributed by atoms with Crippen molar-refractivity contribution >= 4 is 18.7 Å². The molecule has 0 fully saturated rings. The van der Waals surface area contributed by atoms with Gasteiger partial charge >= 0.3 is 0 Å². The van der Waals surface area contributed by atoms with Crippen LogP contribution in [0.5, 0.6) is 0 Å². The number of halogens is 1. The summed E-state index contributed by atoms with van der Waals surface area (Å²) in [6, 6.07) is 0. The summed E-state index contributed by atoms with van der Waals surface area (Å²) >= 11 is 5.89. The van der Waals surface area contributed by atoms with E-state index < -0.39 is 7.50 Å². The van der Waals surface area contributed by atoms with Crippen molar-refractivity contribution in [3.8, 4) is 0 Å². The van der Waals surface area contributed by atoms with Crippen molar-refractivity contribution < 1.29 is 4.52 Å². The lowest BCUT2D eigenvalue weighted by atomic mass is 10.2. The number of hydrogen-bond donors (Lipinski definition) is 0. The van der Waals surface area contributed by atoms with Crippen LogP contribution in [0.25, 0.3) is 0 Å². The third kappa shape index (κ3) is 1.39. The molecule has 0 spiro atoms. The molecule has 52 valence electrons. The fraction of sp³-hybridized carbons (Fsp3) is 0.667. The summed E-state index contributed by atoms with van der Waals surface area (Å²) in [7, 11) is -0.768. The Bertz CT molecular complexity index is 153. The molecular weight excluding hydrogens is 154 g/mol. The number of hydrogen-bond acceptors (Lipinski definition) is 1. The van der Waals surface area contributed by atoms with Gasteiger partial charge in [0, 0.05) is 0 Å². The van der Waals surface area contributed by atoms with E-state index in [0.717, 1.165) is 5.76 Å². The van der Waals surface area contributed by atoms with Gasteiger partial charge in [0.15, 0.2) is 7.50 Å². The van der Waals surface area contributed by atoms with Crippen molar-refractivity contribution in [1.29, 1.82) is 0 Å². The highest BCUT2D eigenvalue weighted by Crippen LogP contribution is 2.61. The second kappa shape index (κ2) is 2.14. The first-order valence-corrected chi connectivity index (χ1v) is 5.02. The molecular formula is C6H10ClOP. The van der Waals surface area contributed by atoms with E-state index in [4.69, 9.17) is 15.8 Å². The minimum absolute atomic E-state index is 0.0704. The van der Waals surface area contributed by atoms with Gasteiger partial charge in [-0.1, -0.05) is 0 Å². The molecule has 0 amide bonds. The number of allylic oxidation sites excluding steroid dienone is 2. The molecule has 1 aliphatic heterocycles. The van der Waals surface area contributed by atoms with Gasteiger partial charge < -0.3 is 4.52 Å². The molecule has 1 heterocycles. The van der Waals surface area contributed by atoms with Gasteiger partial charge in [-0.05, 0) is 38.1 Å². The van der Waals surface area contributed by atoms with E-state index in [1.54, 1.807) is 0 Å². The molecule has 0 radical (unpaired) electrons. The van der Waals surface area contributed by atoms with Crippen LogP contribution in [0.15, 0.2) is 11.8 Å². The highest BCUT2D eigenvalue weighted by molar-refractivity contribution is 7.81. The second-order valence-corrected chi connectivity index (χ2v) is 5.49. The molecule has 9 heavy (non-hydrogen) atoms. The molecule has 3 heteroatoms. The maximum absolute atomic E-state index is 5.89. The number of rotatable bonds is 0. The summed E-state index contributed by atoms with van der Waals surface area (Å²) in [5, 5.41) is 0.0704. The Morgan fingerprint density at radius 1 is 1.67 bits per heavy atom. The first-order chi connectivity index (χ1) is 4.02. The van der Waals surface area contributed by atoms with Crippen LogP contribution in [0.2, 0.25) is 0 Å². The zero-order chi connectivity index (χ0) is 7.07. The summed E-state index contributed by atoms with van der Waals surface area (Å²) in [5.41, 5.74) is 0. The molecule has 1 nitrogen and oxygen atoms in total. The zero-order valence-corrected chi connectivity index (χ0v) is 7.46. The van der Waals surface area contributed by atoms with Crippen LogP contribution in [0, 0.1) is 0 Å². The average Bonchev–Trinajstić information content (AvgIpc) is 1.79. The Labute approximate surface area is 61.7 Å². The SMILES string of the molecule is CC1=CC(C)(C)P(Cl)O1. The van der Waals surface area contributed by atoms with Crippen LogP contribution in [-0.4, -0.2) is 5.16 Å². The first-order valence-electron chi connectivity index (χ1n) is 2.86. The zero-order valence-electron chi connectivity index (χ0n) is 5.81. The maximum Gasteiger partial charge on any atom is 0.191 e. The highest BCUT2D eigenvalue weighted by atomic mass is 35.7. The Morgan fingerprint density at radius 2 is 2.22 bits per heavy atom. The average molecular weight is 165 g/mol. The minimum Gasteiger partial charge on any atom is -0.462 e.